The molecule has 20 heavy (non-hydrogen) atoms. The summed E-state index contributed by atoms with van der Waals surface area (Å²) >= 11 is 0. The Labute approximate surface area is 118 Å². The quantitative estimate of drug-likeness (QED) is 0.712. The van der Waals surface area contributed by atoms with Gasteiger partial charge in [0.1, 0.15) is 6.54 Å². The maximum Gasteiger partial charge on any atom is 0.347 e. The molecule has 2 heterocycles. The van der Waals surface area contributed by atoms with Crippen LogP contribution < -0.4 is 5.69 Å². The molecule has 2 rings (SSSR count). The normalized spacial score (nSPS) is 18.4. The highest BCUT2D eigenvalue weighted by atomic mass is 16.5. The molecule has 6 heteroatoms. The molecule has 0 N–H and O–H groups in total. The minimum absolute atomic E-state index is 0.0295. The Morgan fingerprint density at radius 2 is 2.40 bits per heavy atom. The van der Waals surface area contributed by atoms with Gasteiger partial charge in [0.15, 0.2) is 0 Å². The van der Waals surface area contributed by atoms with Gasteiger partial charge >= 0.3 is 5.69 Å². The van der Waals surface area contributed by atoms with Gasteiger partial charge in [-0.15, -0.1) is 0 Å². The number of nitrogens with zero attached hydrogens (tertiary/aromatic N) is 3. The van der Waals surface area contributed by atoms with Crippen LogP contribution in [0.1, 0.15) is 19.8 Å². The van der Waals surface area contributed by atoms with E-state index in [2.05, 4.69) is 11.9 Å². The standard InChI is InChI=1S/C14H21N3O3/c1-2-8-20-11-12-4-7-16(9-12)13(18)10-17-6-3-5-15-14(17)19/h3,5-6,12H,2,4,7-11H2,1H3. The summed E-state index contributed by atoms with van der Waals surface area (Å²) in [4.78, 5) is 29.1. The molecule has 1 atom stereocenters. The summed E-state index contributed by atoms with van der Waals surface area (Å²) in [7, 11) is 0. The Kier molecular flexibility index (Phi) is 5.29. The molecule has 0 spiro atoms. The van der Waals surface area contributed by atoms with Gasteiger partial charge in [-0.25, -0.2) is 9.78 Å². The molecule has 110 valence electrons. The summed E-state index contributed by atoms with van der Waals surface area (Å²) in [5.41, 5.74) is -0.386. The molecule has 1 unspecified atom stereocenters. The molecule has 0 radical (unpaired) electrons. The van der Waals surface area contributed by atoms with Crippen molar-refractivity contribution in [2.24, 2.45) is 5.92 Å². The molecular formula is C14H21N3O3. The minimum Gasteiger partial charge on any atom is -0.381 e. The number of likely N-dealkylation sites (tertiary alicyclic amines) is 1. The largest absolute Gasteiger partial charge is 0.381 e. The fourth-order valence-electron chi connectivity index (χ4n) is 2.34. The van der Waals surface area contributed by atoms with E-state index in [1.807, 2.05) is 0 Å². The zero-order chi connectivity index (χ0) is 14.4. The molecule has 1 aromatic rings. The lowest BCUT2D eigenvalue weighted by Crippen LogP contribution is -2.35. The number of rotatable bonds is 6. The molecule has 6 nitrogen and oxygen atoms in total. The first kappa shape index (κ1) is 14.7. The van der Waals surface area contributed by atoms with Gasteiger partial charge in [0, 0.05) is 38.0 Å². The molecule has 1 aliphatic rings. The lowest BCUT2D eigenvalue weighted by molar-refractivity contribution is -0.131. The number of carbonyl (C=O) groups is 1. The third kappa shape index (κ3) is 3.90. The minimum atomic E-state index is -0.386. The summed E-state index contributed by atoms with van der Waals surface area (Å²) < 4.78 is 6.87. The Morgan fingerprint density at radius 1 is 1.55 bits per heavy atom. The van der Waals surface area contributed by atoms with Gasteiger partial charge in [0.05, 0.1) is 6.61 Å². The van der Waals surface area contributed by atoms with Crippen molar-refractivity contribution in [3.8, 4) is 0 Å². The second-order valence-electron chi connectivity index (χ2n) is 5.10. The van der Waals surface area contributed by atoms with Crippen LogP contribution in [0.25, 0.3) is 0 Å². The zero-order valence-corrected chi connectivity index (χ0v) is 11.8. The number of hydrogen-bond donors (Lipinski definition) is 0. The van der Waals surface area contributed by atoms with Gasteiger partial charge in [0.2, 0.25) is 5.91 Å². The number of ether oxygens (including phenoxy) is 1. The number of amides is 1. The molecule has 0 bridgehead atoms. The average Bonchev–Trinajstić information content (AvgIpc) is 2.91. The predicted octanol–water partition coefficient (Wildman–Crippen LogP) is 0.518. The highest BCUT2D eigenvalue weighted by molar-refractivity contribution is 5.76. The SMILES string of the molecule is CCCOCC1CCN(C(=O)Cn2cccnc2=O)C1. The van der Waals surface area contributed by atoms with Crippen molar-refractivity contribution in [1.82, 2.24) is 14.5 Å². The van der Waals surface area contributed by atoms with Gasteiger partial charge in [0.25, 0.3) is 0 Å². The second-order valence-corrected chi connectivity index (χ2v) is 5.10. The van der Waals surface area contributed by atoms with Crippen LogP contribution in [-0.4, -0.2) is 46.7 Å². The number of carbonyl (C=O) groups excluding carboxylic acids is 1. The summed E-state index contributed by atoms with van der Waals surface area (Å²) in [6, 6.07) is 1.65. The van der Waals surface area contributed by atoms with E-state index in [1.165, 1.54) is 10.8 Å². The summed E-state index contributed by atoms with van der Waals surface area (Å²) in [6.07, 6.45) is 5.00. The Hall–Kier alpha value is -1.69. The highest BCUT2D eigenvalue weighted by Gasteiger charge is 2.26. The first-order valence-electron chi connectivity index (χ1n) is 7.07. The molecule has 1 aliphatic heterocycles. The molecule has 0 saturated carbocycles. The number of aromatic nitrogens is 2. The van der Waals surface area contributed by atoms with Crippen molar-refractivity contribution in [3.63, 3.8) is 0 Å². The second kappa shape index (κ2) is 7.19. The molecule has 1 saturated heterocycles. The van der Waals surface area contributed by atoms with E-state index in [9.17, 15) is 9.59 Å². The first-order chi connectivity index (χ1) is 9.70. The smallest absolute Gasteiger partial charge is 0.347 e. The zero-order valence-electron chi connectivity index (χ0n) is 11.8. The fraction of sp³-hybridized carbons (Fsp3) is 0.643. The maximum absolute atomic E-state index is 12.1. The van der Waals surface area contributed by atoms with E-state index in [1.54, 1.807) is 17.2 Å². The van der Waals surface area contributed by atoms with E-state index < -0.39 is 0 Å². The van der Waals surface area contributed by atoms with Crippen molar-refractivity contribution >= 4 is 5.91 Å². The monoisotopic (exact) mass is 279 g/mol. The average molecular weight is 279 g/mol. The Balaban J connectivity index is 1.82. The molecule has 1 fully saturated rings. The molecule has 1 aromatic heterocycles. The van der Waals surface area contributed by atoms with Gasteiger partial charge in [-0.3, -0.25) is 9.36 Å². The summed E-state index contributed by atoms with van der Waals surface area (Å²) in [5.74, 6) is 0.384. The van der Waals surface area contributed by atoms with Gasteiger partial charge in [-0.05, 0) is 18.9 Å². The third-order valence-corrected chi connectivity index (χ3v) is 3.43. The van der Waals surface area contributed by atoms with Crippen LogP contribution >= 0.6 is 0 Å². The van der Waals surface area contributed by atoms with Crippen LogP contribution in [0.15, 0.2) is 23.3 Å². The van der Waals surface area contributed by atoms with Crippen LogP contribution in [0.5, 0.6) is 0 Å². The van der Waals surface area contributed by atoms with Crippen LogP contribution in [0.4, 0.5) is 0 Å². The Bertz CT molecular complexity index is 500. The molecule has 1 amide bonds. The van der Waals surface area contributed by atoms with E-state index in [0.29, 0.717) is 12.5 Å². The van der Waals surface area contributed by atoms with E-state index in [4.69, 9.17) is 4.74 Å². The predicted molar refractivity (Wildman–Crippen MR) is 74.3 cm³/mol. The van der Waals surface area contributed by atoms with Crippen molar-refractivity contribution < 1.29 is 9.53 Å². The third-order valence-electron chi connectivity index (χ3n) is 3.43. The van der Waals surface area contributed by atoms with Crippen LogP contribution in [0.3, 0.4) is 0 Å². The van der Waals surface area contributed by atoms with Crippen molar-refractivity contribution in [3.05, 3.63) is 28.9 Å². The van der Waals surface area contributed by atoms with Crippen molar-refractivity contribution in [2.75, 3.05) is 26.3 Å². The van der Waals surface area contributed by atoms with Crippen molar-refractivity contribution in [1.29, 1.82) is 0 Å². The lowest BCUT2D eigenvalue weighted by atomic mass is 10.1. The first-order valence-corrected chi connectivity index (χ1v) is 7.07. The van der Waals surface area contributed by atoms with Gasteiger partial charge in [-0.2, -0.15) is 0 Å². The van der Waals surface area contributed by atoms with E-state index >= 15 is 0 Å². The van der Waals surface area contributed by atoms with Crippen molar-refractivity contribution in [2.45, 2.75) is 26.3 Å². The maximum atomic E-state index is 12.1. The van der Waals surface area contributed by atoms with Crippen LogP contribution in [0, 0.1) is 5.92 Å². The van der Waals surface area contributed by atoms with Gasteiger partial charge in [-0.1, -0.05) is 6.92 Å². The highest BCUT2D eigenvalue weighted by Crippen LogP contribution is 2.16. The molecule has 0 aliphatic carbocycles. The van der Waals surface area contributed by atoms with E-state index in [0.717, 1.165) is 32.5 Å². The van der Waals surface area contributed by atoms with Gasteiger partial charge < -0.3 is 9.64 Å². The topological polar surface area (TPSA) is 64.4 Å². The van der Waals surface area contributed by atoms with Crippen LogP contribution in [-0.2, 0) is 16.1 Å². The lowest BCUT2D eigenvalue weighted by Gasteiger charge is -2.17. The summed E-state index contributed by atoms with van der Waals surface area (Å²) in [6.45, 7) is 5.09. The summed E-state index contributed by atoms with van der Waals surface area (Å²) in [5, 5.41) is 0. The number of hydrogen-bond acceptors (Lipinski definition) is 4. The fourth-order valence-corrected chi connectivity index (χ4v) is 2.34. The van der Waals surface area contributed by atoms with E-state index in [-0.39, 0.29) is 18.1 Å². The van der Waals surface area contributed by atoms with Crippen LogP contribution in [0.2, 0.25) is 0 Å². The molecule has 0 aromatic carbocycles. The Morgan fingerprint density at radius 3 is 3.15 bits per heavy atom. The molecular weight excluding hydrogens is 258 g/mol.